The number of halogens is 2. The van der Waals surface area contributed by atoms with Crippen LogP contribution in [0.5, 0.6) is 5.75 Å². The highest BCUT2D eigenvalue weighted by atomic mass is 19.3. The summed E-state index contributed by atoms with van der Waals surface area (Å²) in [5.41, 5.74) is 6.20. The van der Waals surface area contributed by atoms with Crippen molar-refractivity contribution in [3.8, 4) is 5.75 Å². The molecule has 1 atom stereocenters. The van der Waals surface area contributed by atoms with Gasteiger partial charge in [0.15, 0.2) is 0 Å². The van der Waals surface area contributed by atoms with Crippen LogP contribution in [-0.2, 0) is 9.53 Å². The van der Waals surface area contributed by atoms with Gasteiger partial charge in [0.05, 0.1) is 6.61 Å². The van der Waals surface area contributed by atoms with Crippen LogP contribution in [0.3, 0.4) is 0 Å². The minimum atomic E-state index is -2.52. The van der Waals surface area contributed by atoms with E-state index in [1.165, 1.54) is 12.1 Å². The summed E-state index contributed by atoms with van der Waals surface area (Å²) in [7, 11) is 0. The smallest absolute Gasteiger partial charge is 0.327 e. The Labute approximate surface area is 104 Å². The molecule has 0 aliphatic rings. The first-order chi connectivity index (χ1) is 8.54. The Morgan fingerprint density at radius 2 is 1.94 bits per heavy atom. The Morgan fingerprint density at radius 3 is 2.44 bits per heavy atom. The molecule has 1 rings (SSSR count). The molecule has 2 N–H and O–H groups in total. The third kappa shape index (κ3) is 4.29. The van der Waals surface area contributed by atoms with Gasteiger partial charge < -0.3 is 15.2 Å². The Bertz CT molecular complexity index is 381. The maximum Gasteiger partial charge on any atom is 0.327 e. The molecule has 0 aromatic heterocycles. The van der Waals surface area contributed by atoms with Gasteiger partial charge in [-0.3, -0.25) is 0 Å². The van der Waals surface area contributed by atoms with Gasteiger partial charge in [0.2, 0.25) is 0 Å². The van der Waals surface area contributed by atoms with E-state index in [0.717, 1.165) is 0 Å². The van der Waals surface area contributed by atoms with E-state index in [1.54, 1.807) is 19.1 Å². The number of hydrogen-bond acceptors (Lipinski definition) is 4. The number of rotatable bonds is 6. The van der Waals surface area contributed by atoms with E-state index in [4.69, 9.17) is 15.2 Å². The molecule has 4 nitrogen and oxygen atoms in total. The van der Waals surface area contributed by atoms with E-state index in [1.807, 2.05) is 0 Å². The van der Waals surface area contributed by atoms with E-state index in [0.29, 0.717) is 11.3 Å². The van der Waals surface area contributed by atoms with Crippen molar-refractivity contribution < 1.29 is 23.0 Å². The highest BCUT2D eigenvalue weighted by molar-refractivity contribution is 5.77. The number of carbonyl (C=O) groups excluding carboxylic acids is 1. The minimum absolute atomic E-state index is 0.252. The molecule has 0 saturated heterocycles. The Balaban J connectivity index is 2.61. The van der Waals surface area contributed by atoms with Crippen LogP contribution in [0.25, 0.3) is 0 Å². The van der Waals surface area contributed by atoms with Gasteiger partial charge in [-0.2, -0.15) is 0 Å². The minimum Gasteiger partial charge on any atom is -0.488 e. The summed E-state index contributed by atoms with van der Waals surface area (Å²) >= 11 is 0. The van der Waals surface area contributed by atoms with Crippen LogP contribution in [0.2, 0.25) is 0 Å². The number of alkyl halides is 2. The monoisotopic (exact) mass is 259 g/mol. The lowest BCUT2D eigenvalue weighted by Crippen LogP contribution is -2.23. The van der Waals surface area contributed by atoms with Crippen LogP contribution < -0.4 is 10.5 Å². The zero-order chi connectivity index (χ0) is 13.5. The molecule has 1 unspecified atom stereocenters. The molecule has 0 amide bonds. The van der Waals surface area contributed by atoms with E-state index in [2.05, 4.69) is 0 Å². The van der Waals surface area contributed by atoms with Crippen LogP contribution >= 0.6 is 0 Å². The fourth-order valence-corrected chi connectivity index (χ4v) is 1.30. The number of carbonyl (C=O) groups is 1. The van der Waals surface area contributed by atoms with Crippen molar-refractivity contribution >= 4 is 5.97 Å². The summed E-state index contributed by atoms with van der Waals surface area (Å²) in [5, 5.41) is 0. The number of benzene rings is 1. The summed E-state index contributed by atoms with van der Waals surface area (Å²) in [6, 6.07) is 5.17. The van der Waals surface area contributed by atoms with E-state index < -0.39 is 25.0 Å². The summed E-state index contributed by atoms with van der Waals surface area (Å²) in [6.07, 6.45) is -2.52. The molecule has 100 valence electrons. The van der Waals surface area contributed by atoms with Crippen molar-refractivity contribution in [3.63, 3.8) is 0 Å². The predicted octanol–water partition coefficient (Wildman–Crippen LogP) is 1.89. The van der Waals surface area contributed by atoms with Crippen LogP contribution in [-0.4, -0.2) is 25.6 Å². The second-order valence-corrected chi connectivity index (χ2v) is 3.50. The first-order valence-corrected chi connectivity index (χ1v) is 5.47. The Hall–Kier alpha value is -1.69. The summed E-state index contributed by atoms with van der Waals surface area (Å²) in [4.78, 5) is 11.4. The highest BCUT2D eigenvalue weighted by Crippen LogP contribution is 2.17. The molecule has 0 fully saturated rings. The van der Waals surface area contributed by atoms with Gasteiger partial charge in [-0.05, 0) is 24.6 Å². The lowest BCUT2D eigenvalue weighted by molar-refractivity contribution is -0.144. The number of esters is 1. The largest absolute Gasteiger partial charge is 0.488 e. The molecule has 0 aliphatic heterocycles. The maximum atomic E-state index is 11.9. The number of hydrogen-bond donors (Lipinski definition) is 1. The molecule has 0 radical (unpaired) electrons. The van der Waals surface area contributed by atoms with Crippen molar-refractivity contribution in [2.24, 2.45) is 5.73 Å². The van der Waals surface area contributed by atoms with Crippen molar-refractivity contribution in [2.75, 3.05) is 13.2 Å². The normalized spacial score (nSPS) is 12.3. The summed E-state index contributed by atoms with van der Waals surface area (Å²) in [5.74, 6) is -0.228. The SMILES string of the molecule is CCOC(=O)C(N)c1ccc(OCC(F)F)cc1. The Morgan fingerprint density at radius 1 is 1.33 bits per heavy atom. The molecule has 0 bridgehead atoms. The van der Waals surface area contributed by atoms with Crippen LogP contribution in [0, 0.1) is 0 Å². The van der Waals surface area contributed by atoms with Gasteiger partial charge in [-0.1, -0.05) is 12.1 Å². The molecular formula is C12H15F2NO3. The molecule has 0 aliphatic carbocycles. The molecule has 18 heavy (non-hydrogen) atoms. The lowest BCUT2D eigenvalue weighted by Gasteiger charge is -2.11. The van der Waals surface area contributed by atoms with Crippen LogP contribution in [0.1, 0.15) is 18.5 Å². The van der Waals surface area contributed by atoms with Gasteiger partial charge in [-0.25, -0.2) is 13.6 Å². The molecule has 0 spiro atoms. The van der Waals surface area contributed by atoms with Gasteiger partial charge in [0, 0.05) is 0 Å². The third-order valence-corrected chi connectivity index (χ3v) is 2.16. The topological polar surface area (TPSA) is 61.5 Å². The van der Waals surface area contributed by atoms with Crippen LogP contribution in [0.4, 0.5) is 8.78 Å². The third-order valence-electron chi connectivity index (χ3n) is 2.16. The van der Waals surface area contributed by atoms with Crippen molar-refractivity contribution in [1.29, 1.82) is 0 Å². The second kappa shape index (κ2) is 6.90. The Kier molecular flexibility index (Phi) is 5.51. The predicted molar refractivity (Wildman–Crippen MR) is 61.5 cm³/mol. The molecule has 1 aromatic carbocycles. The van der Waals surface area contributed by atoms with Gasteiger partial charge in [0.25, 0.3) is 6.43 Å². The number of ether oxygens (including phenoxy) is 2. The van der Waals surface area contributed by atoms with E-state index in [9.17, 15) is 13.6 Å². The first kappa shape index (κ1) is 14.4. The van der Waals surface area contributed by atoms with Crippen molar-refractivity contribution in [1.82, 2.24) is 0 Å². The lowest BCUT2D eigenvalue weighted by atomic mass is 10.1. The standard InChI is InChI=1S/C12H15F2NO3/c1-2-17-12(16)11(15)8-3-5-9(6-4-8)18-7-10(13)14/h3-6,10-11H,2,7,15H2,1H3. The van der Waals surface area contributed by atoms with E-state index in [-0.39, 0.29) is 6.61 Å². The van der Waals surface area contributed by atoms with Gasteiger partial charge >= 0.3 is 5.97 Å². The van der Waals surface area contributed by atoms with Gasteiger partial charge in [-0.15, -0.1) is 0 Å². The molecule has 0 heterocycles. The average molecular weight is 259 g/mol. The van der Waals surface area contributed by atoms with Crippen LogP contribution in [0.15, 0.2) is 24.3 Å². The van der Waals surface area contributed by atoms with E-state index >= 15 is 0 Å². The second-order valence-electron chi connectivity index (χ2n) is 3.50. The zero-order valence-electron chi connectivity index (χ0n) is 9.94. The fraction of sp³-hybridized carbons (Fsp3) is 0.417. The molecular weight excluding hydrogens is 244 g/mol. The van der Waals surface area contributed by atoms with Gasteiger partial charge in [0.1, 0.15) is 18.4 Å². The highest BCUT2D eigenvalue weighted by Gasteiger charge is 2.16. The average Bonchev–Trinajstić information content (AvgIpc) is 2.36. The van der Waals surface area contributed by atoms with Crippen molar-refractivity contribution in [3.05, 3.63) is 29.8 Å². The molecule has 0 saturated carbocycles. The first-order valence-electron chi connectivity index (χ1n) is 5.47. The molecule has 6 heteroatoms. The fourth-order valence-electron chi connectivity index (χ4n) is 1.30. The zero-order valence-corrected chi connectivity index (χ0v) is 9.94. The number of nitrogens with two attached hydrogens (primary N) is 1. The quantitative estimate of drug-likeness (QED) is 0.792. The van der Waals surface area contributed by atoms with Crippen molar-refractivity contribution in [2.45, 2.75) is 19.4 Å². The maximum absolute atomic E-state index is 11.9. The molecule has 1 aromatic rings. The summed E-state index contributed by atoms with van der Waals surface area (Å²) in [6.45, 7) is 1.28. The summed E-state index contributed by atoms with van der Waals surface area (Å²) < 4.78 is 33.4.